The molecule has 118 valence electrons. The maximum absolute atomic E-state index is 5.85. The van der Waals surface area contributed by atoms with E-state index < -0.39 is 0 Å². The van der Waals surface area contributed by atoms with E-state index in [9.17, 15) is 0 Å². The lowest BCUT2D eigenvalue weighted by molar-refractivity contribution is 0.0718. The Morgan fingerprint density at radius 3 is 2.50 bits per heavy atom. The van der Waals surface area contributed by atoms with E-state index in [1.54, 1.807) is 0 Å². The molecule has 0 saturated carbocycles. The third-order valence-electron chi connectivity index (χ3n) is 3.40. The standard InChI is InChI=1S/C18H25N3O/c1-5-22-16(15-9-7-6-8-10-15)12-19-17-11-14(4)20-18(21-17)13(2)3/h6-11,13,16H,5,12H2,1-4H3,(H,19,20,21). The van der Waals surface area contributed by atoms with Gasteiger partial charge >= 0.3 is 0 Å². The summed E-state index contributed by atoms with van der Waals surface area (Å²) in [5, 5.41) is 3.39. The summed E-state index contributed by atoms with van der Waals surface area (Å²) in [5.41, 5.74) is 2.15. The van der Waals surface area contributed by atoms with E-state index in [0.717, 1.165) is 17.3 Å². The molecule has 1 aromatic heterocycles. The fraction of sp³-hybridized carbons (Fsp3) is 0.444. The Bertz CT molecular complexity index is 584. The average molecular weight is 299 g/mol. The number of aryl methyl sites for hydroxylation is 1. The Labute approximate surface area is 133 Å². The molecular weight excluding hydrogens is 274 g/mol. The van der Waals surface area contributed by atoms with Crippen LogP contribution in [0.3, 0.4) is 0 Å². The SMILES string of the molecule is CCOC(CNc1cc(C)nc(C(C)C)n1)c1ccccc1. The van der Waals surface area contributed by atoms with E-state index in [0.29, 0.717) is 19.1 Å². The van der Waals surface area contributed by atoms with Gasteiger partial charge in [0.1, 0.15) is 11.6 Å². The van der Waals surface area contributed by atoms with Gasteiger partial charge in [-0.05, 0) is 19.4 Å². The van der Waals surface area contributed by atoms with Crippen molar-refractivity contribution in [3.05, 3.63) is 53.5 Å². The second kappa shape index (κ2) is 7.90. The van der Waals surface area contributed by atoms with Gasteiger partial charge in [0.2, 0.25) is 0 Å². The highest BCUT2D eigenvalue weighted by Gasteiger charge is 2.12. The molecule has 0 saturated heterocycles. The van der Waals surface area contributed by atoms with Gasteiger partial charge in [-0.1, -0.05) is 44.2 Å². The third-order valence-corrected chi connectivity index (χ3v) is 3.40. The average Bonchev–Trinajstić information content (AvgIpc) is 2.51. The van der Waals surface area contributed by atoms with Gasteiger partial charge < -0.3 is 10.1 Å². The van der Waals surface area contributed by atoms with Gasteiger partial charge in [0.25, 0.3) is 0 Å². The minimum atomic E-state index is 0.0176. The molecule has 0 fully saturated rings. The summed E-state index contributed by atoms with van der Waals surface area (Å²) in [5.74, 6) is 2.05. The van der Waals surface area contributed by atoms with Crippen LogP contribution in [0.2, 0.25) is 0 Å². The number of rotatable bonds is 7. The molecule has 0 radical (unpaired) electrons. The summed E-state index contributed by atoms with van der Waals surface area (Å²) < 4.78 is 5.85. The number of anilines is 1. The van der Waals surface area contributed by atoms with Crippen LogP contribution in [0, 0.1) is 6.92 Å². The second-order valence-corrected chi connectivity index (χ2v) is 5.64. The summed E-state index contributed by atoms with van der Waals surface area (Å²) in [6.07, 6.45) is 0.0176. The smallest absolute Gasteiger partial charge is 0.133 e. The normalized spacial score (nSPS) is 12.4. The highest BCUT2D eigenvalue weighted by Crippen LogP contribution is 2.19. The van der Waals surface area contributed by atoms with Crippen molar-refractivity contribution in [2.75, 3.05) is 18.5 Å². The largest absolute Gasteiger partial charge is 0.372 e. The third kappa shape index (κ3) is 4.53. The van der Waals surface area contributed by atoms with Crippen molar-refractivity contribution >= 4 is 5.82 Å². The number of aromatic nitrogens is 2. The molecule has 0 aliphatic carbocycles. The molecule has 0 aliphatic rings. The van der Waals surface area contributed by atoms with Crippen molar-refractivity contribution in [1.29, 1.82) is 0 Å². The molecule has 0 spiro atoms. The van der Waals surface area contributed by atoms with Gasteiger partial charge in [-0.2, -0.15) is 0 Å². The molecule has 0 aliphatic heterocycles. The van der Waals surface area contributed by atoms with Gasteiger partial charge in [-0.15, -0.1) is 0 Å². The molecule has 4 nitrogen and oxygen atoms in total. The Morgan fingerprint density at radius 1 is 1.14 bits per heavy atom. The van der Waals surface area contributed by atoms with E-state index in [1.807, 2.05) is 38.1 Å². The van der Waals surface area contributed by atoms with E-state index in [2.05, 4.69) is 41.3 Å². The van der Waals surface area contributed by atoms with E-state index in [1.165, 1.54) is 5.56 Å². The predicted molar refractivity (Wildman–Crippen MR) is 90.2 cm³/mol. The highest BCUT2D eigenvalue weighted by molar-refractivity contribution is 5.37. The molecular formula is C18H25N3O. The minimum absolute atomic E-state index is 0.0176. The van der Waals surface area contributed by atoms with Gasteiger partial charge in [-0.25, -0.2) is 9.97 Å². The van der Waals surface area contributed by atoms with Crippen molar-refractivity contribution in [3.63, 3.8) is 0 Å². The lowest BCUT2D eigenvalue weighted by atomic mass is 10.1. The first kappa shape index (κ1) is 16.4. The predicted octanol–water partition coefficient (Wildman–Crippen LogP) is 4.10. The Balaban J connectivity index is 2.09. The Morgan fingerprint density at radius 2 is 1.86 bits per heavy atom. The summed E-state index contributed by atoms with van der Waals surface area (Å²) >= 11 is 0. The van der Waals surface area contributed by atoms with Crippen LogP contribution >= 0.6 is 0 Å². The second-order valence-electron chi connectivity index (χ2n) is 5.64. The van der Waals surface area contributed by atoms with E-state index in [4.69, 9.17) is 4.74 Å². The van der Waals surface area contributed by atoms with Crippen molar-refractivity contribution < 1.29 is 4.74 Å². The molecule has 0 bridgehead atoms. The first-order chi connectivity index (χ1) is 10.6. The molecule has 0 amide bonds. The molecule has 1 heterocycles. The molecule has 1 aromatic carbocycles. The lowest BCUT2D eigenvalue weighted by Crippen LogP contribution is -2.17. The topological polar surface area (TPSA) is 47.0 Å². The Hall–Kier alpha value is -1.94. The summed E-state index contributed by atoms with van der Waals surface area (Å²) in [7, 11) is 0. The van der Waals surface area contributed by atoms with Crippen LogP contribution in [0.25, 0.3) is 0 Å². The molecule has 4 heteroatoms. The summed E-state index contributed by atoms with van der Waals surface area (Å²) in [6.45, 7) is 9.59. The minimum Gasteiger partial charge on any atom is -0.372 e. The van der Waals surface area contributed by atoms with Crippen LogP contribution in [0.4, 0.5) is 5.82 Å². The van der Waals surface area contributed by atoms with Crippen molar-refractivity contribution in [2.45, 2.75) is 39.7 Å². The molecule has 2 aromatic rings. The number of hydrogen-bond donors (Lipinski definition) is 1. The summed E-state index contributed by atoms with van der Waals surface area (Å²) in [6, 6.07) is 12.2. The van der Waals surface area contributed by atoms with Crippen molar-refractivity contribution in [1.82, 2.24) is 9.97 Å². The maximum Gasteiger partial charge on any atom is 0.133 e. The first-order valence-corrected chi connectivity index (χ1v) is 7.86. The lowest BCUT2D eigenvalue weighted by Gasteiger charge is -2.19. The van der Waals surface area contributed by atoms with Crippen LogP contribution < -0.4 is 5.32 Å². The van der Waals surface area contributed by atoms with Gasteiger partial charge in [-0.3, -0.25) is 0 Å². The molecule has 1 atom stereocenters. The molecule has 1 unspecified atom stereocenters. The van der Waals surface area contributed by atoms with Crippen LogP contribution in [0.1, 0.15) is 49.9 Å². The number of nitrogens with one attached hydrogen (secondary N) is 1. The highest BCUT2D eigenvalue weighted by atomic mass is 16.5. The number of ether oxygens (including phenoxy) is 1. The zero-order chi connectivity index (χ0) is 15.9. The fourth-order valence-electron chi connectivity index (χ4n) is 2.28. The maximum atomic E-state index is 5.85. The molecule has 1 N–H and O–H groups in total. The van der Waals surface area contributed by atoms with Gasteiger partial charge in [0, 0.05) is 30.8 Å². The number of nitrogens with zero attached hydrogens (tertiary/aromatic N) is 2. The van der Waals surface area contributed by atoms with Crippen LogP contribution in [-0.4, -0.2) is 23.1 Å². The van der Waals surface area contributed by atoms with Crippen LogP contribution in [0.15, 0.2) is 36.4 Å². The van der Waals surface area contributed by atoms with E-state index in [-0.39, 0.29) is 6.10 Å². The quantitative estimate of drug-likeness (QED) is 0.836. The fourth-order valence-corrected chi connectivity index (χ4v) is 2.28. The van der Waals surface area contributed by atoms with Gasteiger partial charge in [0.15, 0.2) is 0 Å². The van der Waals surface area contributed by atoms with Crippen LogP contribution in [-0.2, 0) is 4.74 Å². The monoisotopic (exact) mass is 299 g/mol. The number of benzene rings is 1. The van der Waals surface area contributed by atoms with Crippen molar-refractivity contribution in [2.24, 2.45) is 0 Å². The van der Waals surface area contributed by atoms with Gasteiger partial charge in [0.05, 0.1) is 6.10 Å². The first-order valence-electron chi connectivity index (χ1n) is 7.86. The Kier molecular flexibility index (Phi) is 5.90. The number of hydrogen-bond acceptors (Lipinski definition) is 4. The molecule has 22 heavy (non-hydrogen) atoms. The van der Waals surface area contributed by atoms with Crippen LogP contribution in [0.5, 0.6) is 0 Å². The zero-order valence-electron chi connectivity index (χ0n) is 13.8. The van der Waals surface area contributed by atoms with E-state index >= 15 is 0 Å². The zero-order valence-corrected chi connectivity index (χ0v) is 13.8. The molecule has 2 rings (SSSR count). The van der Waals surface area contributed by atoms with Crippen molar-refractivity contribution in [3.8, 4) is 0 Å². The summed E-state index contributed by atoms with van der Waals surface area (Å²) in [4.78, 5) is 9.05.